The Morgan fingerprint density at radius 2 is 2.03 bits per heavy atom. The van der Waals surface area contributed by atoms with Crippen LogP contribution in [0.15, 0.2) is 42.2 Å². The molecule has 3 heterocycles. The Labute approximate surface area is 196 Å². The Balaban J connectivity index is 1.44. The molecule has 1 fully saturated rings. The fourth-order valence-electron chi connectivity index (χ4n) is 4.01. The maximum absolute atomic E-state index is 14.4. The number of anilines is 1. The number of hydrogen-bond donors (Lipinski definition) is 1. The SMILES string of the molecule is Cc1ccc(C(=O)Nc2cc(F)cc(CN3CCN(C(=O)c4cncs4)C(C)C3)c2C)cn1. The van der Waals surface area contributed by atoms with Gasteiger partial charge >= 0.3 is 0 Å². The zero-order valence-electron chi connectivity index (χ0n) is 18.8. The molecule has 1 aliphatic rings. The standard InChI is InChI=1S/C24H26FN5O2S/c1-15-4-5-18(10-27-15)23(31)28-21-9-20(25)8-19(17(21)3)13-29-6-7-30(16(2)12-29)24(32)22-11-26-14-33-22/h4-5,8-11,14,16H,6-7,12-13H2,1-3H3,(H,28,31). The molecular weight excluding hydrogens is 441 g/mol. The molecule has 172 valence electrons. The highest BCUT2D eigenvalue weighted by Crippen LogP contribution is 2.25. The summed E-state index contributed by atoms with van der Waals surface area (Å²) >= 11 is 1.34. The fourth-order valence-corrected chi connectivity index (χ4v) is 4.58. The topological polar surface area (TPSA) is 78.4 Å². The highest BCUT2D eigenvalue weighted by Gasteiger charge is 2.29. The minimum Gasteiger partial charge on any atom is -0.333 e. The van der Waals surface area contributed by atoms with Gasteiger partial charge in [0.1, 0.15) is 10.7 Å². The van der Waals surface area contributed by atoms with Crippen LogP contribution in [0.1, 0.15) is 43.8 Å². The van der Waals surface area contributed by atoms with Crippen molar-refractivity contribution in [3.8, 4) is 0 Å². The summed E-state index contributed by atoms with van der Waals surface area (Å²) in [6.45, 7) is 8.23. The molecule has 1 aromatic carbocycles. The highest BCUT2D eigenvalue weighted by atomic mass is 32.1. The lowest BCUT2D eigenvalue weighted by molar-refractivity contribution is 0.0479. The second kappa shape index (κ2) is 9.76. The summed E-state index contributed by atoms with van der Waals surface area (Å²) in [7, 11) is 0. The summed E-state index contributed by atoms with van der Waals surface area (Å²) in [6, 6.07) is 6.33. The van der Waals surface area contributed by atoms with E-state index in [1.165, 1.54) is 29.7 Å². The van der Waals surface area contributed by atoms with Crippen LogP contribution in [0.3, 0.4) is 0 Å². The number of benzene rings is 1. The van der Waals surface area contributed by atoms with Gasteiger partial charge in [0.05, 0.1) is 17.3 Å². The number of carbonyl (C=O) groups excluding carboxylic acids is 2. The Morgan fingerprint density at radius 3 is 2.70 bits per heavy atom. The Morgan fingerprint density at radius 1 is 1.21 bits per heavy atom. The van der Waals surface area contributed by atoms with Crippen molar-refractivity contribution in [1.29, 1.82) is 0 Å². The quantitative estimate of drug-likeness (QED) is 0.616. The first-order chi connectivity index (χ1) is 15.8. The minimum absolute atomic E-state index is 0.00202. The fraction of sp³-hybridized carbons (Fsp3) is 0.333. The van der Waals surface area contributed by atoms with Gasteiger partial charge in [0.2, 0.25) is 0 Å². The lowest BCUT2D eigenvalue weighted by Crippen LogP contribution is -2.53. The molecule has 7 nitrogen and oxygen atoms in total. The van der Waals surface area contributed by atoms with Crippen molar-refractivity contribution < 1.29 is 14.0 Å². The van der Waals surface area contributed by atoms with Crippen molar-refractivity contribution in [2.24, 2.45) is 0 Å². The van der Waals surface area contributed by atoms with Crippen LogP contribution in [0.4, 0.5) is 10.1 Å². The number of amides is 2. The summed E-state index contributed by atoms with van der Waals surface area (Å²) in [6.07, 6.45) is 3.11. The molecule has 1 unspecified atom stereocenters. The van der Waals surface area contributed by atoms with Gasteiger partial charge in [-0.15, -0.1) is 11.3 Å². The van der Waals surface area contributed by atoms with E-state index in [0.29, 0.717) is 42.3 Å². The number of piperazine rings is 1. The summed E-state index contributed by atoms with van der Waals surface area (Å²) in [5.41, 5.74) is 4.97. The first kappa shape index (κ1) is 23.0. The molecule has 1 atom stereocenters. The van der Waals surface area contributed by atoms with Crippen LogP contribution < -0.4 is 5.32 Å². The third-order valence-electron chi connectivity index (χ3n) is 5.91. The number of carbonyl (C=O) groups is 2. The van der Waals surface area contributed by atoms with Crippen molar-refractivity contribution in [3.05, 3.63) is 75.2 Å². The maximum Gasteiger partial charge on any atom is 0.265 e. The number of halogens is 1. The zero-order chi connectivity index (χ0) is 23.5. The summed E-state index contributed by atoms with van der Waals surface area (Å²) in [5, 5.41) is 2.82. The monoisotopic (exact) mass is 467 g/mol. The van der Waals surface area contributed by atoms with Crippen molar-refractivity contribution in [1.82, 2.24) is 19.8 Å². The molecule has 0 aliphatic carbocycles. The van der Waals surface area contributed by atoms with E-state index < -0.39 is 5.82 Å². The maximum atomic E-state index is 14.4. The molecule has 4 rings (SSSR count). The van der Waals surface area contributed by atoms with E-state index in [0.717, 1.165) is 16.8 Å². The Kier molecular flexibility index (Phi) is 6.80. The number of pyridine rings is 1. The Hall–Kier alpha value is -3.17. The third-order valence-corrected chi connectivity index (χ3v) is 6.67. The van der Waals surface area contributed by atoms with E-state index in [-0.39, 0.29) is 17.9 Å². The molecule has 0 saturated carbocycles. The van der Waals surface area contributed by atoms with E-state index >= 15 is 0 Å². The number of rotatable bonds is 5. The van der Waals surface area contributed by atoms with Crippen molar-refractivity contribution in [2.75, 3.05) is 25.0 Å². The number of nitrogens with one attached hydrogen (secondary N) is 1. The molecule has 1 N–H and O–H groups in total. The smallest absolute Gasteiger partial charge is 0.265 e. The van der Waals surface area contributed by atoms with Gasteiger partial charge < -0.3 is 10.2 Å². The van der Waals surface area contributed by atoms with Gasteiger partial charge in [0.25, 0.3) is 11.8 Å². The molecule has 0 radical (unpaired) electrons. The number of nitrogens with zero attached hydrogens (tertiary/aromatic N) is 4. The molecule has 2 aromatic heterocycles. The predicted molar refractivity (Wildman–Crippen MR) is 126 cm³/mol. The van der Waals surface area contributed by atoms with E-state index in [1.807, 2.05) is 25.7 Å². The van der Waals surface area contributed by atoms with Gasteiger partial charge in [0, 0.05) is 49.8 Å². The van der Waals surface area contributed by atoms with Gasteiger partial charge in [-0.25, -0.2) is 4.39 Å². The van der Waals surface area contributed by atoms with Crippen LogP contribution in [0, 0.1) is 19.7 Å². The predicted octanol–water partition coefficient (Wildman–Crippen LogP) is 3.89. The van der Waals surface area contributed by atoms with Gasteiger partial charge in [-0.2, -0.15) is 0 Å². The Bertz CT molecular complexity index is 1150. The average molecular weight is 468 g/mol. The average Bonchev–Trinajstić information content (AvgIpc) is 3.32. The van der Waals surface area contributed by atoms with Crippen LogP contribution in [0.25, 0.3) is 0 Å². The second-order valence-electron chi connectivity index (χ2n) is 8.33. The van der Waals surface area contributed by atoms with Gasteiger partial charge in [0.15, 0.2) is 0 Å². The molecule has 1 saturated heterocycles. The number of aromatic nitrogens is 2. The normalized spacial score (nSPS) is 16.6. The number of thiazole rings is 1. The number of hydrogen-bond acceptors (Lipinski definition) is 6. The third kappa shape index (κ3) is 5.26. The zero-order valence-corrected chi connectivity index (χ0v) is 19.7. The van der Waals surface area contributed by atoms with E-state index in [1.54, 1.807) is 23.8 Å². The lowest BCUT2D eigenvalue weighted by Gasteiger charge is -2.40. The molecule has 9 heteroatoms. The minimum atomic E-state index is -0.403. The van der Waals surface area contributed by atoms with Crippen LogP contribution in [-0.2, 0) is 6.54 Å². The first-order valence-electron chi connectivity index (χ1n) is 10.8. The van der Waals surface area contributed by atoms with Crippen LogP contribution in [0.5, 0.6) is 0 Å². The van der Waals surface area contributed by atoms with Crippen LogP contribution >= 0.6 is 11.3 Å². The first-order valence-corrected chi connectivity index (χ1v) is 11.6. The molecule has 0 bridgehead atoms. The van der Waals surface area contributed by atoms with Crippen molar-refractivity contribution in [3.63, 3.8) is 0 Å². The second-order valence-corrected chi connectivity index (χ2v) is 9.21. The highest BCUT2D eigenvalue weighted by molar-refractivity contribution is 7.11. The van der Waals surface area contributed by atoms with E-state index in [4.69, 9.17) is 0 Å². The van der Waals surface area contributed by atoms with Crippen LogP contribution in [0.2, 0.25) is 0 Å². The summed E-state index contributed by atoms with van der Waals surface area (Å²) in [4.78, 5) is 38.2. The van der Waals surface area contributed by atoms with E-state index in [2.05, 4.69) is 20.2 Å². The molecule has 33 heavy (non-hydrogen) atoms. The largest absolute Gasteiger partial charge is 0.333 e. The van der Waals surface area contributed by atoms with Crippen molar-refractivity contribution in [2.45, 2.75) is 33.4 Å². The summed E-state index contributed by atoms with van der Waals surface area (Å²) in [5.74, 6) is -0.729. The van der Waals surface area contributed by atoms with Crippen molar-refractivity contribution >= 4 is 28.8 Å². The van der Waals surface area contributed by atoms with Gasteiger partial charge in [-0.05, 0) is 56.2 Å². The molecule has 3 aromatic rings. The molecular formula is C24H26FN5O2S. The molecule has 0 spiro atoms. The van der Waals surface area contributed by atoms with Gasteiger partial charge in [-0.3, -0.25) is 24.5 Å². The molecule has 2 amide bonds. The van der Waals surface area contributed by atoms with Crippen LogP contribution in [-0.4, -0.2) is 57.3 Å². The van der Waals surface area contributed by atoms with E-state index in [9.17, 15) is 14.0 Å². The molecule has 1 aliphatic heterocycles. The number of aryl methyl sites for hydroxylation is 1. The summed E-state index contributed by atoms with van der Waals surface area (Å²) < 4.78 is 14.4. The lowest BCUT2D eigenvalue weighted by atomic mass is 10.0. The van der Waals surface area contributed by atoms with Gasteiger partial charge in [-0.1, -0.05) is 0 Å².